The van der Waals surface area contributed by atoms with Gasteiger partial charge in [-0.05, 0) is 32.2 Å². The Hall–Kier alpha value is -0.820. The third-order valence-corrected chi connectivity index (χ3v) is 1.55. The van der Waals surface area contributed by atoms with Gasteiger partial charge in [0.15, 0.2) is 0 Å². The minimum atomic E-state index is 0.932. The molecule has 0 aromatic rings. The highest BCUT2D eigenvalue weighted by Gasteiger charge is 1.96. The van der Waals surface area contributed by atoms with E-state index in [1.807, 2.05) is 47.0 Å². The van der Waals surface area contributed by atoms with Crippen LogP contribution in [0.2, 0.25) is 0 Å². The van der Waals surface area contributed by atoms with Crippen molar-refractivity contribution in [1.82, 2.24) is 4.90 Å². The van der Waals surface area contributed by atoms with Gasteiger partial charge in [-0.25, -0.2) is 0 Å². The van der Waals surface area contributed by atoms with Gasteiger partial charge >= 0.3 is 0 Å². The van der Waals surface area contributed by atoms with E-state index in [4.69, 9.17) is 0 Å². The molecule has 0 amide bonds. The number of hydrogen-bond donors (Lipinski definition) is 0. The van der Waals surface area contributed by atoms with Crippen LogP contribution in [0.3, 0.4) is 0 Å². The molecule has 0 rings (SSSR count). The first-order valence-corrected chi connectivity index (χ1v) is 4.71. The lowest BCUT2D eigenvalue weighted by Crippen LogP contribution is -2.14. The van der Waals surface area contributed by atoms with E-state index in [0.717, 1.165) is 6.54 Å². The summed E-state index contributed by atoms with van der Waals surface area (Å²) >= 11 is 0. The highest BCUT2D eigenvalue weighted by Crippen LogP contribution is 2.06. The van der Waals surface area contributed by atoms with Crippen molar-refractivity contribution >= 4 is 0 Å². The average Bonchev–Trinajstić information content (AvgIpc) is 2.16. The van der Waals surface area contributed by atoms with E-state index in [1.165, 1.54) is 11.1 Å². The lowest BCUT2D eigenvalue weighted by atomic mass is 10.1. The average molecular weight is 181 g/mol. The fraction of sp³-hybridized carbons (Fsp3) is 0.500. The molecule has 0 N–H and O–H groups in total. The van der Waals surface area contributed by atoms with Crippen molar-refractivity contribution in [2.75, 3.05) is 20.6 Å². The first kappa shape index (κ1) is 14.7. The fourth-order valence-electron chi connectivity index (χ4n) is 0.822. The van der Waals surface area contributed by atoms with E-state index < -0.39 is 0 Å². The molecule has 0 saturated heterocycles. The second-order valence-electron chi connectivity index (χ2n) is 2.85. The molecule has 0 aromatic carbocycles. The summed E-state index contributed by atoms with van der Waals surface area (Å²) < 4.78 is 0. The molecule has 0 aliphatic carbocycles. The number of allylic oxidation sites excluding steroid dienone is 2. The monoisotopic (exact) mass is 181 g/mol. The van der Waals surface area contributed by atoms with Crippen LogP contribution < -0.4 is 0 Å². The van der Waals surface area contributed by atoms with E-state index in [1.54, 1.807) is 0 Å². The summed E-state index contributed by atoms with van der Waals surface area (Å²) in [5.74, 6) is 0. The highest BCUT2D eigenvalue weighted by atomic mass is 15.0. The smallest absolute Gasteiger partial charge is 0.0230 e. The molecule has 0 aromatic heterocycles. The Morgan fingerprint density at radius 1 is 1.15 bits per heavy atom. The van der Waals surface area contributed by atoms with Gasteiger partial charge in [0.05, 0.1) is 0 Å². The van der Waals surface area contributed by atoms with Gasteiger partial charge in [-0.3, -0.25) is 0 Å². The van der Waals surface area contributed by atoms with Crippen molar-refractivity contribution in [2.45, 2.75) is 20.8 Å². The van der Waals surface area contributed by atoms with Gasteiger partial charge in [-0.15, -0.1) is 0 Å². The van der Waals surface area contributed by atoms with E-state index in [9.17, 15) is 0 Å². The zero-order chi connectivity index (χ0) is 10.9. The van der Waals surface area contributed by atoms with E-state index in [0.29, 0.717) is 0 Å². The third-order valence-electron chi connectivity index (χ3n) is 1.55. The van der Waals surface area contributed by atoms with E-state index >= 15 is 0 Å². The van der Waals surface area contributed by atoms with Crippen molar-refractivity contribution in [3.63, 3.8) is 0 Å². The van der Waals surface area contributed by atoms with Gasteiger partial charge in [-0.2, -0.15) is 0 Å². The molecule has 0 aliphatic heterocycles. The fourth-order valence-corrected chi connectivity index (χ4v) is 0.822. The number of rotatable bonds is 4. The molecule has 0 heterocycles. The maximum absolute atomic E-state index is 3.75. The van der Waals surface area contributed by atoms with Gasteiger partial charge < -0.3 is 4.90 Å². The Bertz CT molecular complexity index is 176. The van der Waals surface area contributed by atoms with Crippen LogP contribution in [0.1, 0.15) is 20.8 Å². The van der Waals surface area contributed by atoms with Gasteiger partial charge in [0, 0.05) is 6.54 Å². The van der Waals surface area contributed by atoms with Crippen LogP contribution in [0.25, 0.3) is 0 Å². The van der Waals surface area contributed by atoms with Crippen LogP contribution in [-0.4, -0.2) is 25.5 Å². The SMILES string of the molecule is C=C/C(C)=C(\C=C)CN(C)C.CC. The highest BCUT2D eigenvalue weighted by molar-refractivity contribution is 5.30. The molecule has 0 aliphatic rings. The summed E-state index contributed by atoms with van der Waals surface area (Å²) in [5.41, 5.74) is 2.44. The molecule has 1 nitrogen and oxygen atoms in total. The van der Waals surface area contributed by atoms with Gasteiger partial charge in [0.2, 0.25) is 0 Å². The molecule has 0 radical (unpaired) electrons. The van der Waals surface area contributed by atoms with E-state index in [-0.39, 0.29) is 0 Å². The van der Waals surface area contributed by atoms with Crippen LogP contribution in [0.5, 0.6) is 0 Å². The predicted molar refractivity (Wildman–Crippen MR) is 63.0 cm³/mol. The molecule has 0 spiro atoms. The Labute approximate surface area is 83.5 Å². The molecule has 0 bridgehead atoms. The molecule has 0 unspecified atom stereocenters. The summed E-state index contributed by atoms with van der Waals surface area (Å²) in [5, 5.41) is 0. The molecule has 13 heavy (non-hydrogen) atoms. The van der Waals surface area contributed by atoms with Crippen molar-refractivity contribution in [2.24, 2.45) is 0 Å². The molecule has 0 saturated carbocycles. The molecule has 0 fully saturated rings. The summed E-state index contributed by atoms with van der Waals surface area (Å²) in [6.45, 7) is 14.4. The lowest BCUT2D eigenvalue weighted by molar-refractivity contribution is 0.448. The Kier molecular flexibility index (Phi) is 10.5. The topological polar surface area (TPSA) is 3.24 Å². The van der Waals surface area contributed by atoms with E-state index in [2.05, 4.69) is 18.1 Å². The van der Waals surface area contributed by atoms with Crippen LogP contribution >= 0.6 is 0 Å². The molecule has 0 atom stereocenters. The predicted octanol–water partition coefficient (Wildman–Crippen LogP) is 3.26. The summed E-state index contributed by atoms with van der Waals surface area (Å²) in [6.07, 6.45) is 3.75. The number of hydrogen-bond acceptors (Lipinski definition) is 1. The quantitative estimate of drug-likeness (QED) is 0.602. The number of nitrogens with zero attached hydrogens (tertiary/aromatic N) is 1. The maximum Gasteiger partial charge on any atom is 0.0230 e. The van der Waals surface area contributed by atoms with Crippen molar-refractivity contribution < 1.29 is 0 Å². The zero-order valence-electron chi connectivity index (χ0n) is 9.72. The summed E-state index contributed by atoms with van der Waals surface area (Å²) in [6, 6.07) is 0. The largest absolute Gasteiger partial charge is 0.305 e. The van der Waals surface area contributed by atoms with Gasteiger partial charge in [0.1, 0.15) is 0 Å². The van der Waals surface area contributed by atoms with Crippen molar-refractivity contribution in [3.8, 4) is 0 Å². The number of likely N-dealkylation sites (N-methyl/N-ethyl adjacent to an activating group) is 1. The third kappa shape index (κ3) is 7.54. The van der Waals surface area contributed by atoms with Crippen LogP contribution in [0.15, 0.2) is 36.5 Å². The molecule has 76 valence electrons. The summed E-state index contributed by atoms with van der Waals surface area (Å²) in [7, 11) is 4.08. The van der Waals surface area contributed by atoms with Crippen LogP contribution in [-0.2, 0) is 0 Å². The Morgan fingerprint density at radius 2 is 1.62 bits per heavy atom. The Balaban J connectivity index is 0. The standard InChI is InChI=1S/C10H17N.C2H6/c1-6-9(3)10(7-2)8-11(4)5;1-2/h6-7H,1-2,8H2,3-5H3;1-2H3/b10-9+;. The second kappa shape index (κ2) is 9.27. The minimum Gasteiger partial charge on any atom is -0.305 e. The van der Waals surface area contributed by atoms with Gasteiger partial charge in [0.25, 0.3) is 0 Å². The normalized spacial score (nSPS) is 11.2. The molecular formula is C12H23N. The van der Waals surface area contributed by atoms with Crippen LogP contribution in [0, 0.1) is 0 Å². The Morgan fingerprint density at radius 3 is 1.85 bits per heavy atom. The molecular weight excluding hydrogens is 158 g/mol. The van der Waals surface area contributed by atoms with Crippen molar-refractivity contribution in [1.29, 1.82) is 0 Å². The minimum absolute atomic E-state index is 0.932. The zero-order valence-corrected chi connectivity index (χ0v) is 9.72. The second-order valence-corrected chi connectivity index (χ2v) is 2.85. The first-order valence-electron chi connectivity index (χ1n) is 4.71. The first-order chi connectivity index (χ1) is 6.11. The summed E-state index contributed by atoms with van der Waals surface area (Å²) in [4.78, 5) is 2.12. The van der Waals surface area contributed by atoms with Gasteiger partial charge in [-0.1, -0.05) is 39.2 Å². The maximum atomic E-state index is 3.75. The van der Waals surface area contributed by atoms with Crippen LogP contribution in [0.4, 0.5) is 0 Å². The van der Waals surface area contributed by atoms with Crippen molar-refractivity contribution in [3.05, 3.63) is 36.5 Å². The lowest BCUT2D eigenvalue weighted by Gasteiger charge is -2.11. The molecule has 1 heteroatoms.